The Kier molecular flexibility index (Phi) is 7.89. The van der Waals surface area contributed by atoms with E-state index in [0.717, 1.165) is 23.6 Å². The van der Waals surface area contributed by atoms with Gasteiger partial charge in [-0.05, 0) is 98.6 Å². The number of anilines is 1. The predicted octanol–water partition coefficient (Wildman–Crippen LogP) is 5.80. The zero-order chi connectivity index (χ0) is 31.3. The number of aromatic nitrogens is 2. The number of nitrogens with one attached hydrogen (secondary N) is 1. The number of aryl methyl sites for hydroxylation is 3. The van der Waals surface area contributed by atoms with Crippen molar-refractivity contribution in [1.29, 1.82) is 5.26 Å². The molecule has 1 aromatic heterocycles. The second kappa shape index (κ2) is 11.5. The summed E-state index contributed by atoms with van der Waals surface area (Å²) in [4.78, 5) is 27.5. The monoisotopic (exact) mass is 597 g/mol. The van der Waals surface area contributed by atoms with Crippen molar-refractivity contribution in [2.24, 2.45) is 28.2 Å². The van der Waals surface area contributed by atoms with Crippen LogP contribution in [-0.4, -0.2) is 56.5 Å². The van der Waals surface area contributed by atoms with Crippen LogP contribution in [0, 0.1) is 47.4 Å². The Bertz CT molecular complexity index is 1680. The highest BCUT2D eigenvalue weighted by molar-refractivity contribution is 5.96. The second-order valence-corrected chi connectivity index (χ2v) is 14.0. The topological polar surface area (TPSA) is 89.6 Å². The number of hydrogen-bond donors (Lipinski definition) is 1. The zero-order valence-electron chi connectivity index (χ0n) is 26.7. The van der Waals surface area contributed by atoms with Gasteiger partial charge in [0.15, 0.2) is 12.2 Å². The number of aliphatic imine (C=N–C) groups is 1. The van der Waals surface area contributed by atoms with E-state index < -0.39 is 0 Å². The Morgan fingerprint density at radius 1 is 1.14 bits per heavy atom. The molecular formula is C35H44FN7O. The van der Waals surface area contributed by atoms with Gasteiger partial charge < -0.3 is 15.1 Å². The molecule has 1 aliphatic heterocycles. The van der Waals surface area contributed by atoms with Gasteiger partial charge in [-0.3, -0.25) is 9.36 Å². The van der Waals surface area contributed by atoms with E-state index in [2.05, 4.69) is 56.0 Å². The molecule has 6 atom stereocenters. The summed E-state index contributed by atoms with van der Waals surface area (Å²) >= 11 is 0. The van der Waals surface area contributed by atoms with Gasteiger partial charge in [0, 0.05) is 25.3 Å². The number of nitrogens with zero attached hydrogens (tertiary/aromatic N) is 6. The molecule has 9 heteroatoms. The van der Waals surface area contributed by atoms with Crippen LogP contribution in [0.25, 0.3) is 10.9 Å². The van der Waals surface area contributed by atoms with E-state index in [9.17, 15) is 14.4 Å². The van der Waals surface area contributed by atoms with Crippen molar-refractivity contribution in [3.05, 3.63) is 70.0 Å². The van der Waals surface area contributed by atoms with Gasteiger partial charge in [0.25, 0.3) is 5.56 Å². The first-order valence-corrected chi connectivity index (χ1v) is 16.0. The Morgan fingerprint density at radius 2 is 1.89 bits per heavy atom. The number of benzene rings is 2. The summed E-state index contributed by atoms with van der Waals surface area (Å²) in [5, 5.41) is 13.8. The number of hydrogen-bond acceptors (Lipinski definition) is 5. The van der Waals surface area contributed by atoms with Crippen LogP contribution in [0.5, 0.6) is 0 Å². The quantitative estimate of drug-likeness (QED) is 0.227. The smallest absolute Gasteiger partial charge is 0.261 e. The second-order valence-electron chi connectivity index (χ2n) is 14.0. The van der Waals surface area contributed by atoms with Crippen LogP contribution in [0.2, 0.25) is 0 Å². The molecule has 0 spiro atoms. The van der Waals surface area contributed by atoms with Gasteiger partial charge >= 0.3 is 0 Å². The minimum Gasteiger partial charge on any atom is -0.339 e. The van der Waals surface area contributed by atoms with Crippen LogP contribution in [0.1, 0.15) is 58.6 Å². The number of guanidine groups is 1. The lowest BCUT2D eigenvalue weighted by Crippen LogP contribution is -2.59. The average molecular weight is 598 g/mol. The standard InChI is InChI=1S/C35H44FN7O/c1-21-7-8-25(30(36)13-21)11-12-41-20-38-32-16-27(9-10-28(32)33(41)44)39-34(42-17-22(2)43(19-37)23(3)18-42)40-31-15-26-14-29(24(31)4)35(26,5)6/h7-10,13,16,20,22-24,26,29,31H,11-12,14-15,17-18H2,1-6H3,(H,39,40)/t22-,23+,24-,26-,29-,31+/m1/s1. The zero-order valence-corrected chi connectivity index (χ0v) is 26.7. The molecule has 4 aliphatic rings. The minimum atomic E-state index is -0.249. The van der Waals surface area contributed by atoms with Crippen molar-refractivity contribution in [3.8, 4) is 6.19 Å². The van der Waals surface area contributed by atoms with E-state index in [1.165, 1.54) is 12.5 Å². The van der Waals surface area contributed by atoms with E-state index in [1.807, 2.05) is 36.1 Å². The van der Waals surface area contributed by atoms with Crippen molar-refractivity contribution in [2.75, 3.05) is 18.4 Å². The largest absolute Gasteiger partial charge is 0.339 e. The lowest BCUT2D eigenvalue weighted by atomic mass is 9.45. The number of halogens is 1. The minimum absolute atomic E-state index is 0.0667. The van der Waals surface area contributed by atoms with Gasteiger partial charge in [0.1, 0.15) is 5.82 Å². The Morgan fingerprint density at radius 3 is 2.55 bits per heavy atom. The number of nitriles is 1. The van der Waals surface area contributed by atoms with Gasteiger partial charge in [-0.2, -0.15) is 5.26 Å². The highest BCUT2D eigenvalue weighted by Crippen LogP contribution is 2.61. The summed E-state index contributed by atoms with van der Waals surface area (Å²) < 4.78 is 15.9. The number of fused-ring (bicyclic) bond motifs is 3. The molecule has 3 aromatic rings. The summed E-state index contributed by atoms with van der Waals surface area (Å²) in [5.74, 6) is 2.44. The van der Waals surface area contributed by atoms with E-state index in [1.54, 1.807) is 17.0 Å². The maximum absolute atomic E-state index is 14.4. The molecule has 1 N–H and O–H groups in total. The molecule has 2 aromatic carbocycles. The lowest BCUT2D eigenvalue weighted by Gasteiger charge is -2.61. The van der Waals surface area contributed by atoms with Gasteiger partial charge in [0.2, 0.25) is 0 Å². The molecule has 7 rings (SSSR count). The van der Waals surface area contributed by atoms with Gasteiger partial charge in [-0.1, -0.05) is 32.9 Å². The number of rotatable bonds is 5. The molecule has 3 saturated carbocycles. The van der Waals surface area contributed by atoms with E-state index in [-0.39, 0.29) is 29.5 Å². The van der Waals surface area contributed by atoms with Crippen molar-refractivity contribution < 1.29 is 4.39 Å². The molecule has 0 amide bonds. The van der Waals surface area contributed by atoms with Gasteiger partial charge in [-0.15, -0.1) is 0 Å². The average Bonchev–Trinajstić information content (AvgIpc) is 2.97. The molecule has 2 bridgehead atoms. The first-order chi connectivity index (χ1) is 21.0. The van der Waals surface area contributed by atoms with Gasteiger partial charge in [-0.25, -0.2) is 14.4 Å². The first-order valence-electron chi connectivity index (χ1n) is 16.0. The molecule has 44 heavy (non-hydrogen) atoms. The van der Waals surface area contributed by atoms with Crippen molar-refractivity contribution in [3.63, 3.8) is 0 Å². The Labute approximate surface area is 259 Å². The third-order valence-electron chi connectivity index (χ3n) is 10.8. The van der Waals surface area contributed by atoms with Gasteiger partial charge in [0.05, 0.1) is 35.4 Å². The molecule has 232 valence electrons. The summed E-state index contributed by atoms with van der Waals surface area (Å²) in [6.07, 6.45) is 6.71. The molecule has 0 radical (unpaired) electrons. The SMILES string of the molecule is Cc1ccc(CCn2cnc3cc(NC(=N[C@H]4C[C@H]5C[C@H]([C@H]4C)C5(C)C)N4C[C@@H](C)N(C#N)[C@@H](C)C4)ccc3c2=O)c(F)c1. The first kappa shape index (κ1) is 30.1. The van der Waals surface area contributed by atoms with E-state index in [0.29, 0.717) is 65.7 Å². The van der Waals surface area contributed by atoms with Crippen molar-refractivity contribution in [1.82, 2.24) is 19.4 Å². The van der Waals surface area contributed by atoms with Crippen LogP contribution in [0.4, 0.5) is 10.1 Å². The Hall–Kier alpha value is -3.93. The van der Waals surface area contributed by atoms with Crippen molar-refractivity contribution >= 4 is 22.5 Å². The molecule has 4 fully saturated rings. The maximum atomic E-state index is 14.4. The van der Waals surface area contributed by atoms with Crippen LogP contribution in [-0.2, 0) is 13.0 Å². The Balaban J connectivity index is 1.26. The molecule has 2 heterocycles. The summed E-state index contributed by atoms with van der Waals surface area (Å²) in [6.45, 7) is 14.9. The highest BCUT2D eigenvalue weighted by Gasteiger charge is 2.56. The molecule has 3 aliphatic carbocycles. The van der Waals surface area contributed by atoms with E-state index in [4.69, 9.17) is 4.99 Å². The molecule has 1 saturated heterocycles. The van der Waals surface area contributed by atoms with Crippen molar-refractivity contribution in [2.45, 2.75) is 85.5 Å². The van der Waals surface area contributed by atoms with E-state index >= 15 is 0 Å². The highest BCUT2D eigenvalue weighted by atomic mass is 19.1. The summed E-state index contributed by atoms with van der Waals surface area (Å²) in [6, 6.07) is 11.2. The predicted molar refractivity (Wildman–Crippen MR) is 173 cm³/mol. The van der Waals surface area contributed by atoms with Crippen LogP contribution in [0.3, 0.4) is 0 Å². The summed E-state index contributed by atoms with van der Waals surface area (Å²) in [7, 11) is 0. The molecular weight excluding hydrogens is 553 g/mol. The van der Waals surface area contributed by atoms with Crippen LogP contribution < -0.4 is 10.9 Å². The molecule has 0 unspecified atom stereocenters. The third kappa shape index (κ3) is 5.44. The lowest BCUT2D eigenvalue weighted by molar-refractivity contribution is -0.108. The normalized spacial score (nSPS) is 28.0. The fourth-order valence-corrected chi connectivity index (χ4v) is 7.96. The fraction of sp³-hybridized carbons (Fsp3) is 0.543. The molecule has 8 nitrogen and oxygen atoms in total. The fourth-order valence-electron chi connectivity index (χ4n) is 7.96. The van der Waals surface area contributed by atoms with Crippen LogP contribution in [0.15, 0.2) is 52.5 Å². The third-order valence-corrected chi connectivity index (χ3v) is 10.8. The summed E-state index contributed by atoms with van der Waals surface area (Å²) in [5.41, 5.74) is 3.11. The van der Waals surface area contributed by atoms with Crippen LogP contribution >= 0.6 is 0 Å². The number of piperazine rings is 1. The maximum Gasteiger partial charge on any atom is 0.261 e.